The quantitative estimate of drug-likeness (QED) is 0.926. The summed E-state index contributed by atoms with van der Waals surface area (Å²) in [4.78, 5) is 2.04. The molecule has 0 saturated carbocycles. The molecule has 2 aromatic carbocycles. The maximum Gasteiger partial charge on any atom is 0.0831 e. The Labute approximate surface area is 122 Å². The number of hydrogen-bond acceptors (Lipinski definition) is 2. The molecule has 0 aliphatic heterocycles. The van der Waals surface area contributed by atoms with Crippen LogP contribution in [0.1, 0.15) is 17.2 Å². The highest BCUT2D eigenvalue weighted by Crippen LogP contribution is 2.25. The number of benzene rings is 2. The van der Waals surface area contributed by atoms with Crippen LogP contribution < -0.4 is 4.90 Å². The number of rotatable bonds is 4. The van der Waals surface area contributed by atoms with Crippen molar-refractivity contribution in [3.8, 4) is 0 Å². The third kappa shape index (κ3) is 3.58. The van der Waals surface area contributed by atoms with Crippen LogP contribution in [-0.2, 0) is 6.42 Å². The summed E-state index contributed by atoms with van der Waals surface area (Å²) < 4.78 is 1.04. The molecule has 19 heavy (non-hydrogen) atoms. The third-order valence-corrected chi connectivity index (χ3v) is 3.92. The largest absolute Gasteiger partial charge is 0.388 e. The van der Waals surface area contributed by atoms with E-state index in [0.717, 1.165) is 21.3 Å². The molecule has 0 aliphatic carbocycles. The van der Waals surface area contributed by atoms with Crippen molar-refractivity contribution in [2.75, 3.05) is 19.0 Å². The molecule has 0 aromatic heterocycles. The van der Waals surface area contributed by atoms with Gasteiger partial charge in [-0.15, -0.1) is 0 Å². The average molecular weight is 320 g/mol. The van der Waals surface area contributed by atoms with Crippen LogP contribution in [0.3, 0.4) is 0 Å². The second-order valence-corrected chi connectivity index (χ2v) is 5.66. The maximum absolute atomic E-state index is 10.4. The first kappa shape index (κ1) is 14.1. The van der Waals surface area contributed by atoms with Gasteiger partial charge in [-0.1, -0.05) is 46.3 Å². The van der Waals surface area contributed by atoms with Gasteiger partial charge in [0.1, 0.15) is 0 Å². The zero-order valence-electron chi connectivity index (χ0n) is 11.2. The molecule has 0 fully saturated rings. The molecule has 0 radical (unpaired) electrons. The first-order chi connectivity index (χ1) is 9.08. The third-order valence-electron chi connectivity index (χ3n) is 3.14. The summed E-state index contributed by atoms with van der Waals surface area (Å²) in [6.45, 7) is 0. The molecule has 0 spiro atoms. The number of aliphatic hydroxyl groups is 1. The molecule has 1 N–H and O–H groups in total. The van der Waals surface area contributed by atoms with E-state index in [9.17, 15) is 5.11 Å². The predicted molar refractivity (Wildman–Crippen MR) is 83.6 cm³/mol. The summed E-state index contributed by atoms with van der Waals surface area (Å²) in [5, 5.41) is 10.4. The van der Waals surface area contributed by atoms with Crippen LogP contribution in [0.25, 0.3) is 0 Å². The maximum atomic E-state index is 10.4. The van der Waals surface area contributed by atoms with Gasteiger partial charge < -0.3 is 10.0 Å². The molecule has 2 nitrogen and oxygen atoms in total. The minimum absolute atomic E-state index is 0.487. The van der Waals surface area contributed by atoms with Crippen molar-refractivity contribution in [2.24, 2.45) is 0 Å². The Balaban J connectivity index is 2.18. The van der Waals surface area contributed by atoms with E-state index in [0.29, 0.717) is 6.42 Å². The highest BCUT2D eigenvalue weighted by molar-refractivity contribution is 9.10. The van der Waals surface area contributed by atoms with Crippen molar-refractivity contribution in [1.82, 2.24) is 0 Å². The monoisotopic (exact) mass is 319 g/mol. The molecule has 2 rings (SSSR count). The fraction of sp³-hybridized carbons (Fsp3) is 0.250. The summed E-state index contributed by atoms with van der Waals surface area (Å²) in [6.07, 6.45) is 0.122. The van der Waals surface area contributed by atoms with Crippen molar-refractivity contribution >= 4 is 21.6 Å². The summed E-state index contributed by atoms with van der Waals surface area (Å²) in [5.74, 6) is 0. The van der Waals surface area contributed by atoms with Gasteiger partial charge in [0, 0.05) is 30.7 Å². The molecule has 1 unspecified atom stereocenters. The molecule has 0 heterocycles. The average Bonchev–Trinajstić information content (AvgIpc) is 2.41. The summed E-state index contributed by atoms with van der Waals surface area (Å²) in [5.41, 5.74) is 3.16. The van der Waals surface area contributed by atoms with Gasteiger partial charge in [0.25, 0.3) is 0 Å². The van der Waals surface area contributed by atoms with Crippen LogP contribution in [0.2, 0.25) is 0 Å². The van der Waals surface area contributed by atoms with Crippen LogP contribution in [0.15, 0.2) is 53.0 Å². The lowest BCUT2D eigenvalue weighted by atomic mass is 10.0. The smallest absolute Gasteiger partial charge is 0.0831 e. The number of anilines is 1. The fourth-order valence-corrected chi connectivity index (χ4v) is 2.45. The van der Waals surface area contributed by atoms with Crippen LogP contribution in [0.4, 0.5) is 5.69 Å². The molecule has 3 heteroatoms. The second kappa shape index (κ2) is 6.22. The molecule has 1 atom stereocenters. The predicted octanol–water partition coefficient (Wildman–Crippen LogP) is 3.79. The summed E-state index contributed by atoms with van der Waals surface area (Å²) in [7, 11) is 4.00. The van der Waals surface area contributed by atoms with Gasteiger partial charge in [-0.2, -0.15) is 0 Å². The Bertz CT molecular complexity index is 554. The molecule has 0 amide bonds. The Morgan fingerprint density at radius 1 is 1.11 bits per heavy atom. The van der Waals surface area contributed by atoms with Crippen molar-refractivity contribution in [3.63, 3.8) is 0 Å². The van der Waals surface area contributed by atoms with E-state index >= 15 is 0 Å². The molecule has 0 aliphatic rings. The molecule has 0 saturated heterocycles. The minimum atomic E-state index is -0.487. The Hall–Kier alpha value is -1.32. The minimum Gasteiger partial charge on any atom is -0.388 e. The van der Waals surface area contributed by atoms with Crippen molar-refractivity contribution in [3.05, 3.63) is 64.1 Å². The SMILES string of the molecule is CN(C)c1cccc(C(O)Cc2ccccc2Br)c1. The molecular formula is C16H18BrNO. The van der Waals surface area contributed by atoms with Crippen LogP contribution in [-0.4, -0.2) is 19.2 Å². The molecular weight excluding hydrogens is 302 g/mol. The van der Waals surface area contributed by atoms with Gasteiger partial charge in [0.2, 0.25) is 0 Å². The van der Waals surface area contributed by atoms with E-state index in [1.807, 2.05) is 67.5 Å². The Morgan fingerprint density at radius 3 is 2.53 bits per heavy atom. The first-order valence-electron chi connectivity index (χ1n) is 6.26. The zero-order valence-corrected chi connectivity index (χ0v) is 12.8. The van der Waals surface area contributed by atoms with E-state index in [1.165, 1.54) is 0 Å². The highest BCUT2D eigenvalue weighted by Gasteiger charge is 2.11. The topological polar surface area (TPSA) is 23.5 Å². The highest BCUT2D eigenvalue weighted by atomic mass is 79.9. The number of halogens is 1. The summed E-state index contributed by atoms with van der Waals surface area (Å²) in [6, 6.07) is 16.0. The lowest BCUT2D eigenvalue weighted by Crippen LogP contribution is -2.10. The van der Waals surface area contributed by atoms with Gasteiger partial charge in [-0.05, 0) is 29.3 Å². The lowest BCUT2D eigenvalue weighted by molar-refractivity contribution is 0.178. The second-order valence-electron chi connectivity index (χ2n) is 4.80. The molecule has 100 valence electrons. The number of aliphatic hydroxyl groups excluding tert-OH is 1. The van der Waals surface area contributed by atoms with Gasteiger partial charge in [-0.3, -0.25) is 0 Å². The lowest BCUT2D eigenvalue weighted by Gasteiger charge is -2.17. The van der Waals surface area contributed by atoms with E-state index < -0.39 is 6.10 Å². The Kier molecular flexibility index (Phi) is 4.61. The van der Waals surface area contributed by atoms with Crippen LogP contribution in [0.5, 0.6) is 0 Å². The zero-order chi connectivity index (χ0) is 13.8. The Morgan fingerprint density at radius 2 is 1.84 bits per heavy atom. The van der Waals surface area contributed by atoms with Gasteiger partial charge in [0.15, 0.2) is 0 Å². The van der Waals surface area contributed by atoms with E-state index in [4.69, 9.17) is 0 Å². The number of hydrogen-bond donors (Lipinski definition) is 1. The van der Waals surface area contributed by atoms with E-state index in [1.54, 1.807) is 0 Å². The number of nitrogens with zero attached hydrogens (tertiary/aromatic N) is 1. The van der Waals surface area contributed by atoms with Gasteiger partial charge in [-0.25, -0.2) is 0 Å². The van der Waals surface area contributed by atoms with Gasteiger partial charge >= 0.3 is 0 Å². The van der Waals surface area contributed by atoms with Crippen molar-refractivity contribution in [1.29, 1.82) is 0 Å². The fourth-order valence-electron chi connectivity index (χ4n) is 2.00. The van der Waals surface area contributed by atoms with E-state index in [2.05, 4.69) is 15.9 Å². The van der Waals surface area contributed by atoms with Gasteiger partial charge in [0.05, 0.1) is 6.10 Å². The normalized spacial score (nSPS) is 12.2. The van der Waals surface area contributed by atoms with Crippen LogP contribution >= 0.6 is 15.9 Å². The van der Waals surface area contributed by atoms with Crippen LogP contribution in [0, 0.1) is 0 Å². The summed E-state index contributed by atoms with van der Waals surface area (Å²) >= 11 is 3.52. The van der Waals surface area contributed by atoms with E-state index in [-0.39, 0.29) is 0 Å². The standard InChI is InChI=1S/C16H18BrNO/c1-18(2)14-8-5-7-13(10-14)16(19)11-12-6-3-4-9-15(12)17/h3-10,16,19H,11H2,1-2H3. The molecule has 0 bridgehead atoms. The first-order valence-corrected chi connectivity index (χ1v) is 7.06. The van der Waals surface area contributed by atoms with Crippen molar-refractivity contribution in [2.45, 2.75) is 12.5 Å². The molecule has 2 aromatic rings. The van der Waals surface area contributed by atoms with Crippen molar-refractivity contribution < 1.29 is 5.11 Å².